The molecule has 5 heteroatoms. The molecule has 0 N–H and O–H groups in total. The van der Waals surface area contributed by atoms with Gasteiger partial charge in [0.15, 0.2) is 0 Å². The van der Waals surface area contributed by atoms with Crippen molar-refractivity contribution < 1.29 is 0 Å². The first kappa shape index (κ1) is 10.2. The summed E-state index contributed by atoms with van der Waals surface area (Å²) in [5, 5.41) is 0.529. The Morgan fingerprint density at radius 2 is 2.06 bits per heavy atom. The summed E-state index contributed by atoms with van der Waals surface area (Å²) in [4.78, 5) is 12.7. The van der Waals surface area contributed by atoms with Gasteiger partial charge in [0.1, 0.15) is 17.2 Å². The number of rotatable bonds is 1. The van der Waals surface area contributed by atoms with Crippen molar-refractivity contribution in [3.8, 4) is 11.4 Å². The van der Waals surface area contributed by atoms with Gasteiger partial charge in [0.2, 0.25) is 0 Å². The van der Waals surface area contributed by atoms with Crippen LogP contribution in [-0.4, -0.2) is 19.4 Å². The molecule has 17 heavy (non-hydrogen) atoms. The highest BCUT2D eigenvalue weighted by Crippen LogP contribution is 2.25. The topological polar surface area (TPSA) is 43.1 Å². The number of aromatic nitrogens is 4. The molecule has 3 heterocycles. The minimum absolute atomic E-state index is 0.529. The summed E-state index contributed by atoms with van der Waals surface area (Å²) in [7, 11) is 0. The summed E-state index contributed by atoms with van der Waals surface area (Å²) in [6.07, 6.45) is 5.32. The number of imidazole rings is 1. The molecule has 3 rings (SSSR count). The van der Waals surface area contributed by atoms with Crippen LogP contribution in [0.1, 0.15) is 5.82 Å². The first-order valence-electron chi connectivity index (χ1n) is 5.17. The quantitative estimate of drug-likeness (QED) is 0.661. The molecule has 0 aliphatic heterocycles. The largest absolute Gasteiger partial charge is 0.298 e. The molecule has 0 fully saturated rings. The van der Waals surface area contributed by atoms with Gasteiger partial charge in [-0.25, -0.2) is 15.0 Å². The third kappa shape index (κ3) is 1.66. The first-order valence-corrected chi connectivity index (χ1v) is 5.55. The molecular weight excluding hydrogens is 236 g/mol. The molecule has 3 aromatic rings. The summed E-state index contributed by atoms with van der Waals surface area (Å²) in [5.41, 5.74) is 2.45. The van der Waals surface area contributed by atoms with Crippen LogP contribution in [0.5, 0.6) is 0 Å². The Morgan fingerprint density at radius 1 is 1.18 bits per heavy atom. The highest BCUT2D eigenvalue weighted by Gasteiger charge is 2.11. The average Bonchev–Trinajstić information content (AvgIpc) is 2.76. The Hall–Kier alpha value is -1.94. The van der Waals surface area contributed by atoms with Crippen LogP contribution < -0.4 is 0 Å². The van der Waals surface area contributed by atoms with Crippen molar-refractivity contribution in [1.82, 2.24) is 19.4 Å². The molecule has 0 unspecified atom stereocenters. The van der Waals surface area contributed by atoms with Gasteiger partial charge >= 0.3 is 0 Å². The molecule has 0 saturated heterocycles. The monoisotopic (exact) mass is 244 g/mol. The van der Waals surface area contributed by atoms with E-state index >= 15 is 0 Å². The highest BCUT2D eigenvalue weighted by molar-refractivity contribution is 6.32. The van der Waals surface area contributed by atoms with E-state index in [-0.39, 0.29) is 0 Å². The van der Waals surface area contributed by atoms with Crippen LogP contribution in [0.2, 0.25) is 5.02 Å². The Kier molecular flexibility index (Phi) is 2.30. The number of hydrogen-bond donors (Lipinski definition) is 0. The van der Waals surface area contributed by atoms with Gasteiger partial charge in [0.05, 0.1) is 16.9 Å². The number of nitrogens with zero attached hydrogens (tertiary/aromatic N) is 4. The number of fused-ring (bicyclic) bond motifs is 1. The first-order chi connectivity index (χ1) is 8.25. The van der Waals surface area contributed by atoms with E-state index in [1.54, 1.807) is 12.4 Å². The SMILES string of the molecule is Cc1ncc(Cl)c(-c2cnc3ccccn23)n1. The van der Waals surface area contributed by atoms with E-state index in [4.69, 9.17) is 11.6 Å². The second kappa shape index (κ2) is 3.82. The summed E-state index contributed by atoms with van der Waals surface area (Å²) in [5.74, 6) is 0.690. The lowest BCUT2D eigenvalue weighted by molar-refractivity contribution is 1.04. The summed E-state index contributed by atoms with van der Waals surface area (Å²) >= 11 is 6.12. The van der Waals surface area contributed by atoms with E-state index in [2.05, 4.69) is 15.0 Å². The van der Waals surface area contributed by atoms with Crippen LogP contribution in [0.4, 0.5) is 0 Å². The van der Waals surface area contributed by atoms with E-state index in [1.165, 1.54) is 0 Å². The van der Waals surface area contributed by atoms with Gasteiger partial charge in [0, 0.05) is 12.4 Å². The Bertz CT molecular complexity index is 690. The van der Waals surface area contributed by atoms with Gasteiger partial charge in [-0.1, -0.05) is 17.7 Å². The maximum absolute atomic E-state index is 6.12. The van der Waals surface area contributed by atoms with E-state index < -0.39 is 0 Å². The molecule has 0 aromatic carbocycles. The fraction of sp³-hybridized carbons (Fsp3) is 0.0833. The van der Waals surface area contributed by atoms with Crippen molar-refractivity contribution in [2.75, 3.05) is 0 Å². The fourth-order valence-electron chi connectivity index (χ4n) is 1.74. The molecule has 0 saturated carbocycles. The van der Waals surface area contributed by atoms with Gasteiger partial charge in [-0.05, 0) is 19.1 Å². The van der Waals surface area contributed by atoms with E-state index in [9.17, 15) is 0 Å². The van der Waals surface area contributed by atoms with E-state index in [0.29, 0.717) is 16.5 Å². The summed E-state index contributed by atoms with van der Waals surface area (Å²) in [6.45, 7) is 1.84. The molecule has 0 amide bonds. The predicted molar refractivity (Wildman–Crippen MR) is 66.0 cm³/mol. The lowest BCUT2D eigenvalue weighted by Gasteiger charge is -2.03. The maximum atomic E-state index is 6.12. The second-order valence-electron chi connectivity index (χ2n) is 3.69. The van der Waals surface area contributed by atoms with Crippen molar-refractivity contribution in [2.24, 2.45) is 0 Å². The number of halogens is 1. The van der Waals surface area contributed by atoms with Crippen molar-refractivity contribution in [3.05, 3.63) is 47.6 Å². The number of aryl methyl sites for hydroxylation is 1. The molecular formula is C12H9ClN4. The second-order valence-corrected chi connectivity index (χ2v) is 4.09. The van der Waals surface area contributed by atoms with E-state index in [0.717, 1.165) is 11.3 Å². The maximum Gasteiger partial charge on any atom is 0.137 e. The number of hydrogen-bond acceptors (Lipinski definition) is 3. The summed E-state index contributed by atoms with van der Waals surface area (Å²) < 4.78 is 1.95. The summed E-state index contributed by atoms with van der Waals surface area (Å²) in [6, 6.07) is 5.82. The zero-order chi connectivity index (χ0) is 11.8. The fourth-order valence-corrected chi connectivity index (χ4v) is 1.93. The normalized spacial score (nSPS) is 10.9. The van der Waals surface area contributed by atoms with Crippen LogP contribution in [0.15, 0.2) is 36.8 Å². The minimum Gasteiger partial charge on any atom is -0.298 e. The van der Waals surface area contributed by atoms with E-state index in [1.807, 2.05) is 35.7 Å². The average molecular weight is 245 g/mol. The van der Waals surface area contributed by atoms with Gasteiger partial charge in [-0.2, -0.15) is 0 Å². The lowest BCUT2D eigenvalue weighted by atomic mass is 10.3. The third-order valence-electron chi connectivity index (χ3n) is 2.52. The van der Waals surface area contributed by atoms with Crippen molar-refractivity contribution >= 4 is 17.2 Å². The van der Waals surface area contributed by atoms with Gasteiger partial charge in [-0.15, -0.1) is 0 Å². The molecule has 0 aliphatic rings. The molecule has 84 valence electrons. The van der Waals surface area contributed by atoms with Gasteiger partial charge < -0.3 is 0 Å². The van der Waals surface area contributed by atoms with Gasteiger partial charge in [0.25, 0.3) is 0 Å². The number of pyridine rings is 1. The molecule has 0 radical (unpaired) electrons. The highest BCUT2D eigenvalue weighted by atomic mass is 35.5. The predicted octanol–water partition coefficient (Wildman–Crippen LogP) is 2.75. The van der Waals surface area contributed by atoms with Crippen molar-refractivity contribution in [3.63, 3.8) is 0 Å². The Balaban J connectivity index is 2.31. The zero-order valence-electron chi connectivity index (χ0n) is 9.13. The van der Waals surface area contributed by atoms with Crippen LogP contribution >= 0.6 is 11.6 Å². The third-order valence-corrected chi connectivity index (χ3v) is 2.80. The van der Waals surface area contributed by atoms with Crippen molar-refractivity contribution in [1.29, 1.82) is 0 Å². The molecule has 0 aliphatic carbocycles. The van der Waals surface area contributed by atoms with Crippen LogP contribution in [0.25, 0.3) is 17.0 Å². The molecule has 0 atom stereocenters. The molecule has 0 bridgehead atoms. The standard InChI is InChI=1S/C12H9ClN4/c1-8-14-6-9(13)12(16-8)10-7-15-11-4-2-3-5-17(10)11/h2-7H,1H3. The molecule has 0 spiro atoms. The van der Waals surface area contributed by atoms with Crippen LogP contribution in [-0.2, 0) is 0 Å². The lowest BCUT2D eigenvalue weighted by Crippen LogP contribution is -1.94. The van der Waals surface area contributed by atoms with Gasteiger partial charge in [-0.3, -0.25) is 4.40 Å². The minimum atomic E-state index is 0.529. The van der Waals surface area contributed by atoms with Crippen LogP contribution in [0.3, 0.4) is 0 Å². The molecule has 3 aromatic heterocycles. The van der Waals surface area contributed by atoms with Crippen molar-refractivity contribution in [2.45, 2.75) is 6.92 Å². The zero-order valence-corrected chi connectivity index (χ0v) is 9.89. The van der Waals surface area contributed by atoms with Crippen LogP contribution in [0, 0.1) is 6.92 Å². The smallest absolute Gasteiger partial charge is 0.137 e. The Labute approximate surface area is 103 Å². The molecule has 4 nitrogen and oxygen atoms in total. The Morgan fingerprint density at radius 3 is 2.94 bits per heavy atom.